The molecule has 0 radical (unpaired) electrons. The van der Waals surface area contributed by atoms with E-state index in [0.29, 0.717) is 10.9 Å². The van der Waals surface area contributed by atoms with Crippen LogP contribution < -0.4 is 0 Å². The van der Waals surface area contributed by atoms with Crippen LogP contribution in [-0.2, 0) is 6.18 Å². The van der Waals surface area contributed by atoms with Crippen molar-refractivity contribution in [3.63, 3.8) is 0 Å². The highest BCUT2D eigenvalue weighted by Gasteiger charge is 2.31. The molecule has 100 valence electrons. The van der Waals surface area contributed by atoms with Gasteiger partial charge in [-0.05, 0) is 18.2 Å². The fraction of sp³-hybridized carbons (Fsp3) is 0.167. The van der Waals surface area contributed by atoms with Gasteiger partial charge in [-0.15, -0.1) is 11.3 Å². The van der Waals surface area contributed by atoms with Gasteiger partial charge in [0.2, 0.25) is 0 Å². The van der Waals surface area contributed by atoms with E-state index in [0.717, 1.165) is 23.5 Å². The van der Waals surface area contributed by atoms with Crippen LogP contribution in [0, 0.1) is 5.82 Å². The number of benzene rings is 1. The number of ketones is 1. The van der Waals surface area contributed by atoms with Crippen LogP contribution in [0.3, 0.4) is 0 Å². The summed E-state index contributed by atoms with van der Waals surface area (Å²) in [7, 11) is 0. The Morgan fingerprint density at radius 3 is 2.47 bits per heavy atom. The van der Waals surface area contributed by atoms with Crippen molar-refractivity contribution in [1.82, 2.24) is 4.98 Å². The summed E-state index contributed by atoms with van der Waals surface area (Å²) in [5, 5.41) is 0.176. The summed E-state index contributed by atoms with van der Waals surface area (Å²) in [6.45, 7) is 1.32. The SMILES string of the molecule is CC(=O)c1cnc(-c2cc(F)cc(C(F)(F)F)c2)s1. The lowest BCUT2D eigenvalue weighted by Gasteiger charge is -2.08. The van der Waals surface area contributed by atoms with Crippen molar-refractivity contribution in [3.05, 3.63) is 40.7 Å². The van der Waals surface area contributed by atoms with E-state index in [-0.39, 0.29) is 16.4 Å². The van der Waals surface area contributed by atoms with Crippen molar-refractivity contribution in [2.75, 3.05) is 0 Å². The molecule has 1 aromatic carbocycles. The van der Waals surface area contributed by atoms with Gasteiger partial charge in [0.1, 0.15) is 10.8 Å². The van der Waals surface area contributed by atoms with E-state index in [2.05, 4.69) is 4.98 Å². The summed E-state index contributed by atoms with van der Waals surface area (Å²) in [4.78, 5) is 15.2. The summed E-state index contributed by atoms with van der Waals surface area (Å²) >= 11 is 0.927. The van der Waals surface area contributed by atoms with Gasteiger partial charge in [-0.25, -0.2) is 9.37 Å². The number of alkyl halides is 3. The molecule has 1 heterocycles. The van der Waals surface area contributed by atoms with Crippen LogP contribution in [0.4, 0.5) is 17.6 Å². The number of Topliss-reactive ketones (excluding diaryl/α,β-unsaturated/α-hetero) is 1. The molecule has 2 aromatic rings. The Balaban J connectivity index is 2.50. The molecule has 7 heteroatoms. The molecule has 2 rings (SSSR count). The topological polar surface area (TPSA) is 30.0 Å². The minimum Gasteiger partial charge on any atom is -0.294 e. The highest BCUT2D eigenvalue weighted by atomic mass is 32.1. The maximum atomic E-state index is 13.2. The van der Waals surface area contributed by atoms with Gasteiger partial charge in [0.25, 0.3) is 0 Å². The van der Waals surface area contributed by atoms with Crippen molar-refractivity contribution in [3.8, 4) is 10.6 Å². The molecule has 0 N–H and O–H groups in total. The molecule has 0 saturated carbocycles. The van der Waals surface area contributed by atoms with Crippen LogP contribution in [0.15, 0.2) is 24.4 Å². The van der Waals surface area contributed by atoms with Gasteiger partial charge in [-0.1, -0.05) is 0 Å². The van der Waals surface area contributed by atoms with Gasteiger partial charge in [-0.3, -0.25) is 4.79 Å². The minimum atomic E-state index is -4.63. The molecule has 0 aliphatic carbocycles. The fourth-order valence-electron chi connectivity index (χ4n) is 1.45. The molecule has 0 amide bonds. The predicted octanol–water partition coefficient (Wildman–Crippen LogP) is 4.17. The third kappa shape index (κ3) is 2.98. The van der Waals surface area contributed by atoms with Crippen LogP contribution in [0.2, 0.25) is 0 Å². The molecule has 0 unspecified atom stereocenters. The highest BCUT2D eigenvalue weighted by molar-refractivity contribution is 7.16. The summed E-state index contributed by atoms with van der Waals surface area (Å²) in [6, 6.07) is 2.19. The number of rotatable bonds is 2. The first-order chi connectivity index (χ1) is 8.77. The van der Waals surface area contributed by atoms with Crippen LogP contribution >= 0.6 is 11.3 Å². The van der Waals surface area contributed by atoms with Crippen molar-refractivity contribution in [1.29, 1.82) is 0 Å². The smallest absolute Gasteiger partial charge is 0.294 e. The first-order valence-electron chi connectivity index (χ1n) is 5.12. The normalized spacial score (nSPS) is 11.6. The standard InChI is InChI=1S/C12H7F4NOS/c1-6(18)10-5-17-11(19-10)7-2-8(12(14,15)16)4-9(13)3-7/h2-5H,1H3. The Labute approximate surface area is 109 Å². The van der Waals surface area contributed by atoms with E-state index in [1.54, 1.807) is 0 Å². The average molecular weight is 289 g/mol. The second kappa shape index (κ2) is 4.73. The highest BCUT2D eigenvalue weighted by Crippen LogP contribution is 2.34. The van der Waals surface area contributed by atoms with Crippen molar-refractivity contribution in [2.45, 2.75) is 13.1 Å². The molecule has 0 aliphatic heterocycles. The average Bonchev–Trinajstić information content (AvgIpc) is 2.76. The summed E-state index contributed by atoms with van der Waals surface area (Å²) in [6.07, 6.45) is -3.36. The number of halogens is 4. The van der Waals surface area contributed by atoms with E-state index in [9.17, 15) is 22.4 Å². The molecule has 0 aliphatic rings. The van der Waals surface area contributed by atoms with Gasteiger partial charge in [0.05, 0.1) is 10.4 Å². The number of aromatic nitrogens is 1. The molecule has 19 heavy (non-hydrogen) atoms. The second-order valence-corrected chi connectivity index (χ2v) is 4.84. The Bertz CT molecular complexity index is 633. The van der Waals surface area contributed by atoms with E-state index in [1.165, 1.54) is 13.1 Å². The zero-order valence-corrected chi connectivity index (χ0v) is 10.4. The molecule has 0 bridgehead atoms. The molecular weight excluding hydrogens is 282 g/mol. The van der Waals surface area contributed by atoms with Crippen molar-refractivity contribution in [2.24, 2.45) is 0 Å². The molecule has 0 spiro atoms. The molecule has 0 atom stereocenters. The Morgan fingerprint density at radius 1 is 1.26 bits per heavy atom. The molecule has 0 fully saturated rings. The second-order valence-electron chi connectivity index (χ2n) is 3.81. The number of carbonyl (C=O) groups excluding carboxylic acids is 1. The van der Waals surface area contributed by atoms with Crippen molar-refractivity contribution < 1.29 is 22.4 Å². The lowest BCUT2D eigenvalue weighted by molar-refractivity contribution is -0.137. The molecular formula is C12H7F4NOS. The summed E-state index contributed by atoms with van der Waals surface area (Å²) < 4.78 is 50.9. The van der Waals surface area contributed by atoms with E-state index in [1.807, 2.05) is 0 Å². The van der Waals surface area contributed by atoms with Crippen LogP contribution in [0.1, 0.15) is 22.2 Å². The Morgan fingerprint density at radius 2 is 1.95 bits per heavy atom. The monoisotopic (exact) mass is 289 g/mol. The number of hydrogen-bond donors (Lipinski definition) is 0. The van der Waals surface area contributed by atoms with Crippen LogP contribution in [0.5, 0.6) is 0 Å². The minimum absolute atomic E-state index is 0.00447. The van der Waals surface area contributed by atoms with E-state index >= 15 is 0 Å². The van der Waals surface area contributed by atoms with Gasteiger partial charge in [0.15, 0.2) is 5.78 Å². The third-order valence-electron chi connectivity index (χ3n) is 2.32. The number of nitrogens with zero attached hydrogens (tertiary/aromatic N) is 1. The van der Waals surface area contributed by atoms with Crippen LogP contribution in [0.25, 0.3) is 10.6 Å². The lowest BCUT2D eigenvalue weighted by atomic mass is 10.1. The summed E-state index contributed by atoms with van der Waals surface area (Å²) in [5.41, 5.74) is -1.08. The zero-order chi connectivity index (χ0) is 14.2. The zero-order valence-electron chi connectivity index (χ0n) is 9.58. The molecule has 0 saturated heterocycles. The largest absolute Gasteiger partial charge is 0.416 e. The summed E-state index contributed by atoms with van der Waals surface area (Å²) in [5.74, 6) is -1.24. The van der Waals surface area contributed by atoms with Crippen LogP contribution in [-0.4, -0.2) is 10.8 Å². The number of thiazole rings is 1. The Kier molecular flexibility index (Phi) is 3.40. The maximum absolute atomic E-state index is 13.2. The van der Waals surface area contributed by atoms with Gasteiger partial charge >= 0.3 is 6.18 Å². The molecule has 1 aromatic heterocycles. The first-order valence-corrected chi connectivity index (χ1v) is 5.94. The van der Waals surface area contributed by atoms with E-state index < -0.39 is 17.6 Å². The number of hydrogen-bond acceptors (Lipinski definition) is 3. The van der Waals surface area contributed by atoms with E-state index in [4.69, 9.17) is 0 Å². The molecule has 2 nitrogen and oxygen atoms in total. The maximum Gasteiger partial charge on any atom is 0.416 e. The third-order valence-corrected chi connectivity index (χ3v) is 3.47. The first kappa shape index (κ1) is 13.7. The quantitative estimate of drug-likeness (QED) is 0.613. The lowest BCUT2D eigenvalue weighted by Crippen LogP contribution is -2.05. The van der Waals surface area contributed by atoms with Gasteiger partial charge in [0, 0.05) is 18.7 Å². The van der Waals surface area contributed by atoms with Crippen molar-refractivity contribution >= 4 is 17.1 Å². The predicted molar refractivity (Wildman–Crippen MR) is 62.5 cm³/mol. The Hall–Kier alpha value is -1.76. The van der Waals surface area contributed by atoms with Gasteiger partial charge < -0.3 is 0 Å². The van der Waals surface area contributed by atoms with Gasteiger partial charge in [-0.2, -0.15) is 13.2 Å². The fourth-order valence-corrected chi connectivity index (χ4v) is 2.25. The number of carbonyl (C=O) groups is 1.